The van der Waals surface area contributed by atoms with Crippen LogP contribution in [0.3, 0.4) is 0 Å². The lowest BCUT2D eigenvalue weighted by Crippen LogP contribution is -2.41. The Hall–Kier alpha value is -1.62. The average molecular weight is 276 g/mol. The van der Waals surface area contributed by atoms with Gasteiger partial charge in [-0.05, 0) is 31.2 Å². The van der Waals surface area contributed by atoms with Crippen molar-refractivity contribution in [3.05, 3.63) is 24.0 Å². The van der Waals surface area contributed by atoms with Crippen molar-refractivity contribution in [1.82, 2.24) is 10.3 Å². The molecule has 1 unspecified atom stereocenters. The third kappa shape index (κ3) is 3.48. The van der Waals surface area contributed by atoms with E-state index in [2.05, 4.69) is 22.7 Å². The Morgan fingerprint density at radius 3 is 2.85 bits per heavy atom. The molecule has 0 radical (unpaired) electrons. The quantitative estimate of drug-likeness (QED) is 0.570. The zero-order valence-electron chi connectivity index (χ0n) is 12.1. The Morgan fingerprint density at radius 1 is 1.45 bits per heavy atom. The monoisotopic (exact) mass is 276 g/mol. The van der Waals surface area contributed by atoms with Crippen LogP contribution in [0.2, 0.25) is 0 Å². The smallest absolute Gasteiger partial charge is 0.255 e. The van der Waals surface area contributed by atoms with E-state index >= 15 is 0 Å². The summed E-state index contributed by atoms with van der Waals surface area (Å²) in [4.78, 5) is 16.4. The summed E-state index contributed by atoms with van der Waals surface area (Å²) in [6.45, 7) is 2.13. The number of aromatic nitrogens is 1. The normalized spacial score (nSPS) is 17.5. The highest BCUT2D eigenvalue weighted by atomic mass is 16.1. The van der Waals surface area contributed by atoms with E-state index in [1.165, 1.54) is 32.1 Å². The summed E-state index contributed by atoms with van der Waals surface area (Å²) in [6, 6.07) is 1.95. The molecule has 1 atom stereocenters. The van der Waals surface area contributed by atoms with Crippen molar-refractivity contribution in [3.8, 4) is 0 Å². The molecule has 0 bridgehead atoms. The molecule has 1 fully saturated rings. The van der Waals surface area contributed by atoms with Crippen LogP contribution in [-0.2, 0) is 0 Å². The highest BCUT2D eigenvalue weighted by Crippen LogP contribution is 2.28. The molecule has 1 amide bonds. The van der Waals surface area contributed by atoms with E-state index in [9.17, 15) is 4.79 Å². The molecule has 2 rings (SSSR count). The lowest BCUT2D eigenvalue weighted by molar-refractivity contribution is 0.0911. The first-order valence-electron chi connectivity index (χ1n) is 7.47. The van der Waals surface area contributed by atoms with Gasteiger partial charge in [-0.15, -0.1) is 0 Å². The first-order valence-corrected chi connectivity index (χ1v) is 7.47. The van der Waals surface area contributed by atoms with Crippen molar-refractivity contribution < 1.29 is 4.79 Å². The van der Waals surface area contributed by atoms with Crippen LogP contribution in [0.1, 0.15) is 55.8 Å². The number of carbonyl (C=O) groups excluding carboxylic acids is 1. The predicted octanol–water partition coefficient (Wildman–Crippen LogP) is 2.46. The van der Waals surface area contributed by atoms with Crippen LogP contribution in [0.5, 0.6) is 0 Å². The van der Waals surface area contributed by atoms with Gasteiger partial charge in [0.1, 0.15) is 0 Å². The maximum atomic E-state index is 12.4. The Morgan fingerprint density at radius 2 is 2.20 bits per heavy atom. The van der Waals surface area contributed by atoms with Gasteiger partial charge in [-0.25, -0.2) is 0 Å². The number of hydrazine groups is 1. The van der Waals surface area contributed by atoms with Crippen molar-refractivity contribution in [3.63, 3.8) is 0 Å². The number of hydrogen-bond acceptors (Lipinski definition) is 4. The van der Waals surface area contributed by atoms with Crippen LogP contribution in [-0.4, -0.2) is 16.9 Å². The van der Waals surface area contributed by atoms with Gasteiger partial charge < -0.3 is 10.7 Å². The molecule has 1 aromatic heterocycles. The zero-order valence-corrected chi connectivity index (χ0v) is 12.1. The minimum Gasteiger partial charge on any atom is -0.349 e. The molecule has 110 valence electrons. The summed E-state index contributed by atoms with van der Waals surface area (Å²) in [5.74, 6) is 5.94. The standard InChI is InChI=1S/C15H24N4O/c1-2-13(11-6-4-3-5-7-11)18-15(20)12-10-17-9-8-14(12)19-16/h8-11,13H,2-7,16H2,1H3,(H,17,19)(H,18,20). The molecule has 0 aromatic carbocycles. The van der Waals surface area contributed by atoms with Crippen LogP contribution in [0, 0.1) is 5.92 Å². The fourth-order valence-corrected chi connectivity index (χ4v) is 3.04. The maximum Gasteiger partial charge on any atom is 0.255 e. The van der Waals surface area contributed by atoms with Gasteiger partial charge in [-0.1, -0.05) is 26.2 Å². The predicted molar refractivity (Wildman–Crippen MR) is 80.2 cm³/mol. The molecular weight excluding hydrogens is 252 g/mol. The third-order valence-electron chi connectivity index (χ3n) is 4.20. The van der Waals surface area contributed by atoms with Crippen LogP contribution in [0.25, 0.3) is 0 Å². The molecule has 5 nitrogen and oxygen atoms in total. The molecule has 1 heterocycles. The summed E-state index contributed by atoms with van der Waals surface area (Å²) >= 11 is 0. The van der Waals surface area contributed by atoms with Crippen LogP contribution >= 0.6 is 0 Å². The van der Waals surface area contributed by atoms with E-state index in [4.69, 9.17) is 5.84 Å². The molecule has 1 aliphatic rings. The molecule has 4 N–H and O–H groups in total. The van der Waals surface area contributed by atoms with Gasteiger partial charge in [-0.2, -0.15) is 0 Å². The van der Waals surface area contributed by atoms with Gasteiger partial charge in [0.15, 0.2) is 0 Å². The lowest BCUT2D eigenvalue weighted by atomic mass is 9.83. The van der Waals surface area contributed by atoms with Crippen molar-refractivity contribution in [2.45, 2.75) is 51.5 Å². The van der Waals surface area contributed by atoms with Gasteiger partial charge in [0.25, 0.3) is 5.91 Å². The van der Waals surface area contributed by atoms with E-state index in [1.54, 1.807) is 18.5 Å². The third-order valence-corrected chi connectivity index (χ3v) is 4.20. The number of amides is 1. The van der Waals surface area contributed by atoms with Crippen LogP contribution in [0.15, 0.2) is 18.5 Å². The second-order valence-electron chi connectivity index (χ2n) is 5.45. The fraction of sp³-hybridized carbons (Fsp3) is 0.600. The number of nitrogen functional groups attached to an aromatic ring is 1. The number of rotatable bonds is 5. The van der Waals surface area contributed by atoms with Gasteiger partial charge in [0.2, 0.25) is 0 Å². The van der Waals surface area contributed by atoms with E-state index in [0.29, 0.717) is 17.2 Å². The number of nitrogens with zero attached hydrogens (tertiary/aromatic N) is 1. The Balaban J connectivity index is 2.04. The van der Waals surface area contributed by atoms with Crippen LogP contribution < -0.4 is 16.6 Å². The molecule has 0 aliphatic heterocycles. The van der Waals surface area contributed by atoms with Gasteiger partial charge >= 0.3 is 0 Å². The molecule has 0 saturated heterocycles. The number of nitrogens with one attached hydrogen (secondary N) is 2. The number of pyridine rings is 1. The van der Waals surface area contributed by atoms with E-state index in [0.717, 1.165) is 6.42 Å². The molecular formula is C15H24N4O. The summed E-state index contributed by atoms with van der Waals surface area (Å²) in [5, 5.41) is 3.15. The number of nitrogens with two attached hydrogens (primary N) is 1. The first kappa shape index (κ1) is 14.8. The maximum absolute atomic E-state index is 12.4. The van der Waals surface area contributed by atoms with Crippen molar-refractivity contribution in [1.29, 1.82) is 0 Å². The second kappa shape index (κ2) is 7.24. The highest BCUT2D eigenvalue weighted by Gasteiger charge is 2.24. The molecule has 1 aromatic rings. The second-order valence-corrected chi connectivity index (χ2v) is 5.45. The summed E-state index contributed by atoms with van der Waals surface area (Å²) in [5.41, 5.74) is 3.66. The Kier molecular flexibility index (Phi) is 5.35. The number of hydrogen-bond donors (Lipinski definition) is 3. The van der Waals surface area contributed by atoms with Crippen molar-refractivity contribution in [2.75, 3.05) is 5.43 Å². The van der Waals surface area contributed by atoms with Crippen LogP contribution in [0.4, 0.5) is 5.69 Å². The van der Waals surface area contributed by atoms with Crippen molar-refractivity contribution in [2.24, 2.45) is 11.8 Å². The zero-order chi connectivity index (χ0) is 14.4. The lowest BCUT2D eigenvalue weighted by Gasteiger charge is -2.30. The molecule has 0 spiro atoms. The molecule has 5 heteroatoms. The van der Waals surface area contributed by atoms with E-state index in [-0.39, 0.29) is 11.9 Å². The molecule has 1 saturated carbocycles. The van der Waals surface area contributed by atoms with Gasteiger partial charge in [0, 0.05) is 18.4 Å². The summed E-state index contributed by atoms with van der Waals surface area (Å²) < 4.78 is 0. The topological polar surface area (TPSA) is 80.0 Å². The van der Waals surface area contributed by atoms with Gasteiger partial charge in [0.05, 0.1) is 11.3 Å². The summed E-state index contributed by atoms with van der Waals surface area (Å²) in [7, 11) is 0. The molecule has 20 heavy (non-hydrogen) atoms. The van der Waals surface area contributed by atoms with Gasteiger partial charge in [-0.3, -0.25) is 15.6 Å². The minimum absolute atomic E-state index is 0.0940. The Bertz CT molecular complexity index is 443. The minimum atomic E-state index is -0.0940. The Labute approximate surface area is 120 Å². The van der Waals surface area contributed by atoms with E-state index < -0.39 is 0 Å². The number of carbonyl (C=O) groups is 1. The highest BCUT2D eigenvalue weighted by molar-refractivity contribution is 5.99. The van der Waals surface area contributed by atoms with E-state index in [1.807, 2.05) is 0 Å². The largest absolute Gasteiger partial charge is 0.349 e. The SMILES string of the molecule is CCC(NC(=O)c1cnccc1NN)C1CCCCC1. The first-order chi connectivity index (χ1) is 9.76. The average Bonchev–Trinajstić information content (AvgIpc) is 2.53. The number of anilines is 1. The fourth-order valence-electron chi connectivity index (χ4n) is 3.04. The molecule has 1 aliphatic carbocycles. The van der Waals surface area contributed by atoms with Crippen molar-refractivity contribution >= 4 is 11.6 Å². The summed E-state index contributed by atoms with van der Waals surface area (Å²) in [6.07, 6.45) is 10.4.